The highest BCUT2D eigenvalue weighted by Gasteiger charge is 2.45. The highest BCUT2D eigenvalue weighted by molar-refractivity contribution is 9.10. The molecule has 3 aromatic rings. The van der Waals surface area contributed by atoms with E-state index in [0.717, 1.165) is 10.0 Å². The Balaban J connectivity index is 2.12. The molecule has 27 heavy (non-hydrogen) atoms. The molecule has 1 aromatic heterocycles. The Labute approximate surface area is 168 Å². The van der Waals surface area contributed by atoms with Gasteiger partial charge in [0.1, 0.15) is 0 Å². The van der Waals surface area contributed by atoms with E-state index in [2.05, 4.69) is 26.0 Å². The van der Waals surface area contributed by atoms with Crippen molar-refractivity contribution in [1.29, 1.82) is 0 Å². The molecule has 0 fully saturated rings. The third-order valence-corrected chi connectivity index (χ3v) is 5.77. The van der Waals surface area contributed by atoms with Crippen LogP contribution in [0.4, 0.5) is 5.69 Å². The highest BCUT2D eigenvalue weighted by atomic mass is 79.9. The van der Waals surface area contributed by atoms with Crippen molar-refractivity contribution in [3.63, 3.8) is 0 Å². The first-order valence-corrected chi connectivity index (χ1v) is 10.3. The Morgan fingerprint density at radius 2 is 1.93 bits per heavy atom. The van der Waals surface area contributed by atoms with Crippen LogP contribution < -0.4 is 15.1 Å². The monoisotopic (exact) mass is 443 g/mol. The van der Waals surface area contributed by atoms with E-state index in [0.29, 0.717) is 22.1 Å². The molecule has 0 bridgehead atoms. The van der Waals surface area contributed by atoms with Crippen LogP contribution in [0.25, 0.3) is 11.3 Å². The molecule has 1 N–H and O–H groups in total. The summed E-state index contributed by atoms with van der Waals surface area (Å²) in [5, 5.41) is 5.12. The first-order chi connectivity index (χ1) is 13.0. The zero-order valence-corrected chi connectivity index (χ0v) is 17.0. The van der Waals surface area contributed by atoms with Crippen molar-refractivity contribution in [2.45, 2.75) is 18.2 Å². The molecule has 6 nitrogen and oxygen atoms in total. The molecular weight excluding hydrogens is 428 g/mol. The van der Waals surface area contributed by atoms with Crippen LogP contribution in [0, 0.1) is 0 Å². The maximum atomic E-state index is 12.9. The highest BCUT2D eigenvalue weighted by Crippen LogP contribution is 2.38. The molecule has 8 heteroatoms. The minimum atomic E-state index is -0.573. The Morgan fingerprint density at radius 3 is 2.63 bits per heavy atom. The summed E-state index contributed by atoms with van der Waals surface area (Å²) in [6.07, 6.45) is 1.27. The predicted octanol–water partition coefficient (Wildman–Crippen LogP) is 3.12. The number of hydrogen-bond acceptors (Lipinski definition) is 4. The van der Waals surface area contributed by atoms with Crippen LogP contribution >= 0.6 is 27.7 Å². The van der Waals surface area contributed by atoms with Crippen molar-refractivity contribution in [3.8, 4) is 11.3 Å². The number of hydrogen-bond donors (Lipinski definition) is 1. The number of H-pyrrole nitrogens is 1. The predicted molar refractivity (Wildman–Crippen MR) is 108 cm³/mol. The maximum absolute atomic E-state index is 12.9. The van der Waals surface area contributed by atoms with Crippen LogP contribution in [-0.4, -0.2) is 22.2 Å². The number of nitrogens with one attached hydrogen (secondary N) is 1. The number of aromatic nitrogens is 3. The van der Waals surface area contributed by atoms with Gasteiger partial charge in [0.25, 0.3) is 6.17 Å². The first-order valence-electron chi connectivity index (χ1n) is 8.26. The zero-order chi connectivity index (χ0) is 19.1. The number of aromatic amines is 1. The second-order valence-corrected chi connectivity index (χ2v) is 7.71. The summed E-state index contributed by atoms with van der Waals surface area (Å²) in [5.74, 6) is -0.130. The lowest BCUT2D eigenvalue weighted by molar-refractivity contribution is -0.763. The maximum Gasteiger partial charge on any atom is 0.325 e. The van der Waals surface area contributed by atoms with Crippen molar-refractivity contribution in [1.82, 2.24) is 10.1 Å². The van der Waals surface area contributed by atoms with Crippen LogP contribution in [0.3, 0.4) is 0 Å². The standard InChI is InChI=1S/C19H15BrN4O2S/c1-11(25)23-15-10-6-4-8-13(15)16-17(26)21-19(27-2)22-24(16)18(23)12-7-3-5-9-14(12)20/h3-10,18H,1-2H3/p+1/t18-/m1/s1. The van der Waals surface area contributed by atoms with Crippen LogP contribution in [0.5, 0.6) is 0 Å². The largest absolute Gasteiger partial charge is 0.325 e. The van der Waals surface area contributed by atoms with Gasteiger partial charge in [0.15, 0.2) is 0 Å². The summed E-state index contributed by atoms with van der Waals surface area (Å²) < 4.78 is 2.49. The lowest BCUT2D eigenvalue weighted by atomic mass is 10.0. The van der Waals surface area contributed by atoms with Gasteiger partial charge in [-0.2, -0.15) is 0 Å². The summed E-state index contributed by atoms with van der Waals surface area (Å²) in [6, 6.07) is 15.1. The van der Waals surface area contributed by atoms with Crippen LogP contribution in [0.15, 0.2) is 63.0 Å². The van der Waals surface area contributed by atoms with Crippen LogP contribution in [-0.2, 0) is 4.79 Å². The molecule has 1 aliphatic rings. The van der Waals surface area contributed by atoms with E-state index in [9.17, 15) is 9.59 Å². The molecule has 2 aromatic carbocycles. The Bertz CT molecular complexity index is 1110. The third kappa shape index (κ3) is 2.89. The molecule has 136 valence electrons. The summed E-state index contributed by atoms with van der Waals surface area (Å²) in [5.41, 5.74) is 2.41. The Kier molecular flexibility index (Phi) is 4.61. The van der Waals surface area contributed by atoms with Gasteiger partial charge in [-0.15, -0.1) is 0 Å². The van der Waals surface area contributed by atoms with Crippen LogP contribution in [0.1, 0.15) is 18.7 Å². The number of benzene rings is 2. The first kappa shape index (κ1) is 17.9. The molecule has 0 spiro atoms. The summed E-state index contributed by atoms with van der Waals surface area (Å²) in [6.45, 7) is 1.52. The van der Waals surface area contributed by atoms with Gasteiger partial charge in [-0.1, -0.05) is 52.0 Å². The molecule has 0 saturated heterocycles. The SMILES string of the molecule is CSc1n[n+]2c(c(=O)[nH]1)-c1ccccc1N(C(C)=O)[C@H]2c1ccccc1Br. The van der Waals surface area contributed by atoms with Crippen molar-refractivity contribution in [3.05, 3.63) is 68.9 Å². The number of carbonyl (C=O) groups is 1. The van der Waals surface area contributed by atoms with Gasteiger partial charge in [-0.05, 0) is 35.2 Å². The Hall–Kier alpha value is -2.45. The van der Waals surface area contributed by atoms with Gasteiger partial charge in [0.05, 0.1) is 16.8 Å². The minimum absolute atomic E-state index is 0.130. The van der Waals surface area contributed by atoms with Crippen molar-refractivity contribution in [2.75, 3.05) is 11.2 Å². The lowest BCUT2D eigenvalue weighted by Gasteiger charge is -2.31. The molecule has 1 amide bonds. The topological polar surface area (TPSA) is 69.9 Å². The quantitative estimate of drug-likeness (QED) is 0.487. The number of thioether (sulfide) groups is 1. The Morgan fingerprint density at radius 1 is 1.22 bits per heavy atom. The summed E-state index contributed by atoms with van der Waals surface area (Å²) >= 11 is 4.93. The van der Waals surface area contributed by atoms with E-state index in [1.165, 1.54) is 18.7 Å². The van der Waals surface area contributed by atoms with Crippen molar-refractivity contribution < 1.29 is 9.48 Å². The number of nitrogens with zero attached hydrogens (tertiary/aromatic N) is 3. The number of para-hydroxylation sites is 1. The van der Waals surface area contributed by atoms with Gasteiger partial charge in [-0.3, -0.25) is 14.6 Å². The average molecular weight is 444 g/mol. The van der Waals surface area contributed by atoms with Gasteiger partial charge in [0.2, 0.25) is 11.1 Å². The van der Waals surface area contributed by atoms with Gasteiger partial charge < -0.3 is 0 Å². The van der Waals surface area contributed by atoms with E-state index >= 15 is 0 Å². The van der Waals surface area contributed by atoms with Crippen LogP contribution in [0.2, 0.25) is 0 Å². The van der Waals surface area contributed by atoms with Gasteiger partial charge >= 0.3 is 11.3 Å². The fourth-order valence-corrected chi connectivity index (χ4v) is 4.22. The average Bonchev–Trinajstić information content (AvgIpc) is 2.66. The third-order valence-electron chi connectivity index (χ3n) is 4.47. The molecule has 1 atom stereocenters. The van der Waals surface area contributed by atoms with Crippen molar-refractivity contribution >= 4 is 39.3 Å². The lowest BCUT2D eigenvalue weighted by Crippen LogP contribution is -2.60. The van der Waals surface area contributed by atoms with Gasteiger partial charge in [0, 0.05) is 16.5 Å². The molecule has 0 aliphatic carbocycles. The molecule has 0 unspecified atom stereocenters. The number of rotatable bonds is 2. The number of anilines is 1. The zero-order valence-electron chi connectivity index (χ0n) is 14.6. The normalized spacial score (nSPS) is 15.2. The van der Waals surface area contributed by atoms with E-state index in [-0.39, 0.29) is 11.5 Å². The molecule has 1 aliphatic heterocycles. The molecular formula is C19H16BrN4O2S+. The summed E-state index contributed by atoms with van der Waals surface area (Å²) in [4.78, 5) is 30.1. The smallest absolute Gasteiger partial charge is 0.291 e. The second kappa shape index (κ2) is 6.94. The number of fused-ring (bicyclic) bond motifs is 3. The number of carbonyl (C=O) groups excluding carboxylic acids is 1. The van der Waals surface area contributed by atoms with Crippen molar-refractivity contribution in [2.24, 2.45) is 0 Å². The molecule has 2 heterocycles. The molecule has 0 radical (unpaired) electrons. The van der Waals surface area contributed by atoms with E-state index in [1.807, 2.05) is 54.8 Å². The minimum Gasteiger partial charge on any atom is -0.291 e. The fraction of sp³-hybridized carbons (Fsp3) is 0.158. The van der Waals surface area contributed by atoms with E-state index in [4.69, 9.17) is 0 Å². The fourth-order valence-electron chi connectivity index (χ4n) is 3.37. The van der Waals surface area contributed by atoms with E-state index < -0.39 is 6.17 Å². The second-order valence-electron chi connectivity index (χ2n) is 6.06. The van der Waals surface area contributed by atoms with E-state index in [1.54, 1.807) is 9.58 Å². The molecule has 0 saturated carbocycles. The van der Waals surface area contributed by atoms with Gasteiger partial charge in [-0.25, -0.2) is 4.90 Å². The number of amides is 1. The molecule has 4 rings (SSSR count). The summed E-state index contributed by atoms with van der Waals surface area (Å²) in [7, 11) is 0. The number of halogens is 1.